The monoisotopic (exact) mass is 303 g/mol. The number of aryl methyl sites for hydroxylation is 2. The second kappa shape index (κ2) is 6.72. The summed E-state index contributed by atoms with van der Waals surface area (Å²) < 4.78 is 0. The van der Waals surface area contributed by atoms with Gasteiger partial charge in [0.05, 0.1) is 5.69 Å². The normalized spacial score (nSPS) is 10.6. The first-order chi connectivity index (χ1) is 10.0. The van der Waals surface area contributed by atoms with Crippen LogP contribution in [0.2, 0.25) is 0 Å². The SMILES string of the molecule is CCCN(Cc1ccc(C)cc1)C(=O)c1sc(N)nc1C. The molecule has 1 amide bonds. The van der Waals surface area contributed by atoms with Crippen molar-refractivity contribution in [3.8, 4) is 0 Å². The van der Waals surface area contributed by atoms with Crippen molar-refractivity contribution in [2.75, 3.05) is 12.3 Å². The van der Waals surface area contributed by atoms with Gasteiger partial charge in [-0.2, -0.15) is 0 Å². The number of aromatic nitrogens is 1. The van der Waals surface area contributed by atoms with Crippen molar-refractivity contribution < 1.29 is 4.79 Å². The van der Waals surface area contributed by atoms with Gasteiger partial charge in [-0.1, -0.05) is 48.1 Å². The fourth-order valence-corrected chi connectivity index (χ4v) is 3.00. The Morgan fingerprint density at radius 2 is 1.95 bits per heavy atom. The van der Waals surface area contributed by atoms with E-state index in [0.717, 1.165) is 18.5 Å². The van der Waals surface area contributed by atoms with Gasteiger partial charge in [-0.3, -0.25) is 4.79 Å². The molecule has 0 aliphatic heterocycles. The number of rotatable bonds is 5. The van der Waals surface area contributed by atoms with E-state index >= 15 is 0 Å². The number of hydrogen-bond donors (Lipinski definition) is 1. The van der Waals surface area contributed by atoms with E-state index in [0.29, 0.717) is 22.2 Å². The highest BCUT2D eigenvalue weighted by Gasteiger charge is 2.20. The van der Waals surface area contributed by atoms with Crippen LogP contribution in [-0.4, -0.2) is 22.3 Å². The fourth-order valence-electron chi connectivity index (χ4n) is 2.20. The fraction of sp³-hybridized carbons (Fsp3) is 0.375. The average molecular weight is 303 g/mol. The largest absolute Gasteiger partial charge is 0.375 e. The average Bonchev–Trinajstić information content (AvgIpc) is 2.79. The van der Waals surface area contributed by atoms with Gasteiger partial charge in [-0.25, -0.2) is 4.98 Å². The molecule has 1 aromatic carbocycles. The molecule has 2 rings (SSSR count). The third kappa shape index (κ3) is 3.82. The van der Waals surface area contributed by atoms with Crippen molar-refractivity contribution in [2.24, 2.45) is 0 Å². The number of nitrogens with two attached hydrogens (primary N) is 1. The van der Waals surface area contributed by atoms with E-state index in [-0.39, 0.29) is 5.91 Å². The topological polar surface area (TPSA) is 59.2 Å². The van der Waals surface area contributed by atoms with Gasteiger partial charge in [0.15, 0.2) is 5.13 Å². The van der Waals surface area contributed by atoms with Crippen LogP contribution in [0.25, 0.3) is 0 Å². The zero-order chi connectivity index (χ0) is 15.4. The van der Waals surface area contributed by atoms with Crippen LogP contribution in [0, 0.1) is 13.8 Å². The molecule has 0 atom stereocenters. The molecule has 2 N–H and O–H groups in total. The van der Waals surface area contributed by atoms with E-state index in [1.165, 1.54) is 16.9 Å². The quantitative estimate of drug-likeness (QED) is 0.921. The summed E-state index contributed by atoms with van der Waals surface area (Å²) in [5.41, 5.74) is 8.77. The maximum Gasteiger partial charge on any atom is 0.266 e. The van der Waals surface area contributed by atoms with Gasteiger partial charge in [-0.15, -0.1) is 0 Å². The maximum atomic E-state index is 12.7. The van der Waals surface area contributed by atoms with Gasteiger partial charge in [0.2, 0.25) is 0 Å². The molecule has 1 heterocycles. The first-order valence-electron chi connectivity index (χ1n) is 7.09. The van der Waals surface area contributed by atoms with E-state index in [1.54, 1.807) is 0 Å². The Morgan fingerprint density at radius 3 is 2.48 bits per heavy atom. The number of hydrogen-bond acceptors (Lipinski definition) is 4. The van der Waals surface area contributed by atoms with Crippen LogP contribution in [0.15, 0.2) is 24.3 Å². The molecule has 0 radical (unpaired) electrons. The first-order valence-corrected chi connectivity index (χ1v) is 7.90. The Kier molecular flexibility index (Phi) is 4.96. The summed E-state index contributed by atoms with van der Waals surface area (Å²) >= 11 is 1.27. The molecule has 0 bridgehead atoms. The van der Waals surface area contributed by atoms with E-state index in [2.05, 4.69) is 43.1 Å². The van der Waals surface area contributed by atoms with Crippen LogP contribution in [0.1, 0.15) is 39.8 Å². The molecule has 0 saturated heterocycles. The van der Waals surface area contributed by atoms with E-state index in [9.17, 15) is 4.79 Å². The molecule has 0 fully saturated rings. The van der Waals surface area contributed by atoms with Crippen molar-refractivity contribution in [2.45, 2.75) is 33.7 Å². The van der Waals surface area contributed by atoms with Gasteiger partial charge in [-0.05, 0) is 25.8 Å². The van der Waals surface area contributed by atoms with Crippen molar-refractivity contribution >= 4 is 22.4 Å². The van der Waals surface area contributed by atoms with Crippen LogP contribution in [0.5, 0.6) is 0 Å². The summed E-state index contributed by atoms with van der Waals surface area (Å²) in [6.45, 7) is 7.30. The first kappa shape index (κ1) is 15.5. The number of benzene rings is 1. The lowest BCUT2D eigenvalue weighted by atomic mass is 10.1. The molecular weight excluding hydrogens is 282 g/mol. The molecular formula is C16H21N3OS. The summed E-state index contributed by atoms with van der Waals surface area (Å²) in [7, 11) is 0. The summed E-state index contributed by atoms with van der Waals surface area (Å²) in [5, 5.41) is 0.447. The second-order valence-corrected chi connectivity index (χ2v) is 6.21. The standard InChI is InChI=1S/C16H21N3OS/c1-4-9-19(10-13-7-5-11(2)6-8-13)15(20)14-12(3)18-16(17)21-14/h5-8H,4,9-10H2,1-3H3,(H2,17,18). The molecule has 0 saturated carbocycles. The number of amides is 1. The predicted octanol–water partition coefficient (Wildman–Crippen LogP) is 3.39. The zero-order valence-electron chi connectivity index (χ0n) is 12.7. The summed E-state index contributed by atoms with van der Waals surface area (Å²) in [5.74, 6) is 0.0177. The number of carbonyl (C=O) groups is 1. The molecule has 0 spiro atoms. The number of nitrogen functional groups attached to an aromatic ring is 1. The Morgan fingerprint density at radius 1 is 1.29 bits per heavy atom. The molecule has 0 unspecified atom stereocenters. The minimum absolute atomic E-state index is 0.0177. The smallest absolute Gasteiger partial charge is 0.266 e. The number of anilines is 1. The van der Waals surface area contributed by atoms with Gasteiger partial charge < -0.3 is 10.6 Å². The van der Waals surface area contributed by atoms with Crippen molar-refractivity contribution in [3.05, 3.63) is 46.0 Å². The van der Waals surface area contributed by atoms with Crippen LogP contribution in [-0.2, 0) is 6.54 Å². The molecule has 2 aromatic rings. The van der Waals surface area contributed by atoms with Crippen molar-refractivity contribution in [1.82, 2.24) is 9.88 Å². The van der Waals surface area contributed by atoms with Crippen LogP contribution >= 0.6 is 11.3 Å². The minimum atomic E-state index is 0.0177. The number of carbonyl (C=O) groups excluding carboxylic acids is 1. The number of thiazole rings is 1. The molecule has 0 aliphatic carbocycles. The Bertz CT molecular complexity index is 619. The van der Waals surface area contributed by atoms with E-state index < -0.39 is 0 Å². The third-order valence-electron chi connectivity index (χ3n) is 3.28. The molecule has 4 nitrogen and oxygen atoms in total. The highest BCUT2D eigenvalue weighted by atomic mass is 32.1. The van der Waals surface area contributed by atoms with Crippen LogP contribution in [0.3, 0.4) is 0 Å². The highest BCUT2D eigenvalue weighted by molar-refractivity contribution is 7.17. The highest BCUT2D eigenvalue weighted by Crippen LogP contribution is 2.22. The molecule has 5 heteroatoms. The van der Waals surface area contributed by atoms with E-state index in [4.69, 9.17) is 5.73 Å². The van der Waals surface area contributed by atoms with Gasteiger partial charge in [0.25, 0.3) is 5.91 Å². The van der Waals surface area contributed by atoms with Crippen molar-refractivity contribution in [3.63, 3.8) is 0 Å². The third-order valence-corrected chi connectivity index (χ3v) is 4.26. The summed E-state index contributed by atoms with van der Waals surface area (Å²) in [6, 6.07) is 8.28. The Labute approximate surface area is 129 Å². The lowest BCUT2D eigenvalue weighted by Crippen LogP contribution is -2.31. The summed E-state index contributed by atoms with van der Waals surface area (Å²) in [6.07, 6.45) is 0.922. The van der Waals surface area contributed by atoms with Gasteiger partial charge in [0.1, 0.15) is 4.88 Å². The van der Waals surface area contributed by atoms with Gasteiger partial charge in [0, 0.05) is 13.1 Å². The van der Waals surface area contributed by atoms with Crippen LogP contribution < -0.4 is 5.73 Å². The Balaban J connectivity index is 2.20. The summed E-state index contributed by atoms with van der Waals surface area (Å²) in [4.78, 5) is 19.3. The molecule has 1 aromatic heterocycles. The van der Waals surface area contributed by atoms with Crippen LogP contribution in [0.4, 0.5) is 5.13 Å². The second-order valence-electron chi connectivity index (χ2n) is 5.18. The van der Waals surface area contributed by atoms with Gasteiger partial charge >= 0.3 is 0 Å². The molecule has 21 heavy (non-hydrogen) atoms. The molecule has 112 valence electrons. The lowest BCUT2D eigenvalue weighted by Gasteiger charge is -2.22. The molecule has 0 aliphatic rings. The Hall–Kier alpha value is -1.88. The number of nitrogens with zero attached hydrogens (tertiary/aromatic N) is 2. The predicted molar refractivity (Wildman–Crippen MR) is 87.5 cm³/mol. The zero-order valence-corrected chi connectivity index (χ0v) is 13.5. The minimum Gasteiger partial charge on any atom is -0.375 e. The lowest BCUT2D eigenvalue weighted by molar-refractivity contribution is 0.0747. The van der Waals surface area contributed by atoms with E-state index in [1.807, 2.05) is 11.8 Å². The maximum absolute atomic E-state index is 12.7. The van der Waals surface area contributed by atoms with Crippen molar-refractivity contribution in [1.29, 1.82) is 0 Å².